The number of rotatable bonds is 8. The van der Waals surface area contributed by atoms with Crippen LogP contribution in [0.3, 0.4) is 0 Å². The molecule has 0 saturated carbocycles. The fourth-order valence-electron chi connectivity index (χ4n) is 2.24. The minimum absolute atomic E-state index is 0.0406. The monoisotopic (exact) mass is 324 g/mol. The Labute approximate surface area is 143 Å². The number of nitrogens with two attached hydrogens (primary N) is 1. The lowest BCUT2D eigenvalue weighted by atomic mass is 10.1. The highest BCUT2D eigenvalue weighted by Crippen LogP contribution is 1.98. The van der Waals surface area contributed by atoms with E-state index in [2.05, 4.69) is 27.8 Å². The molecule has 0 bridgehead atoms. The largest absolute Gasteiger partial charge is 0.370 e. The maximum Gasteiger partial charge on any atom is 0.241 e. The molecule has 2 aromatic rings. The molecule has 0 fully saturated rings. The van der Waals surface area contributed by atoms with Crippen LogP contribution in [0.2, 0.25) is 0 Å². The van der Waals surface area contributed by atoms with Crippen LogP contribution in [0.5, 0.6) is 0 Å². The van der Waals surface area contributed by atoms with E-state index in [0.29, 0.717) is 19.0 Å². The van der Waals surface area contributed by atoms with Crippen LogP contribution in [0.25, 0.3) is 0 Å². The van der Waals surface area contributed by atoms with E-state index < -0.39 is 0 Å². The SMILES string of the molecule is NC(=NCC(=O)NCCc1ccccc1)NCCc1ccccc1. The lowest BCUT2D eigenvalue weighted by Gasteiger charge is -2.06. The molecular weight excluding hydrogens is 300 g/mol. The van der Waals surface area contributed by atoms with E-state index in [1.165, 1.54) is 11.1 Å². The summed E-state index contributed by atoms with van der Waals surface area (Å²) in [5.74, 6) is 0.169. The number of carbonyl (C=O) groups is 1. The second-order valence-corrected chi connectivity index (χ2v) is 5.45. The van der Waals surface area contributed by atoms with E-state index in [1.807, 2.05) is 48.5 Å². The number of aliphatic imine (C=N–C) groups is 1. The molecular formula is C19H24N4O. The van der Waals surface area contributed by atoms with Gasteiger partial charge in [-0.25, -0.2) is 4.99 Å². The lowest BCUT2D eigenvalue weighted by molar-refractivity contribution is -0.119. The standard InChI is InChI=1S/C19H24N4O/c20-19(22-14-12-17-9-5-2-6-10-17)23-15-18(24)21-13-11-16-7-3-1-4-8-16/h1-10H,11-15H2,(H,21,24)(H3,20,22,23). The van der Waals surface area contributed by atoms with Gasteiger partial charge in [0.1, 0.15) is 6.54 Å². The highest BCUT2D eigenvalue weighted by molar-refractivity contribution is 5.83. The van der Waals surface area contributed by atoms with Crippen molar-refractivity contribution in [3.05, 3.63) is 71.8 Å². The average Bonchev–Trinajstić information content (AvgIpc) is 2.62. The van der Waals surface area contributed by atoms with Gasteiger partial charge in [0.15, 0.2) is 5.96 Å². The van der Waals surface area contributed by atoms with E-state index in [-0.39, 0.29) is 12.5 Å². The van der Waals surface area contributed by atoms with Gasteiger partial charge in [0.25, 0.3) is 0 Å². The molecule has 0 unspecified atom stereocenters. The van der Waals surface area contributed by atoms with Crippen molar-refractivity contribution in [1.82, 2.24) is 10.6 Å². The molecule has 0 aromatic heterocycles. The van der Waals surface area contributed by atoms with Gasteiger partial charge in [0.05, 0.1) is 0 Å². The molecule has 0 atom stereocenters. The molecule has 0 saturated heterocycles. The third kappa shape index (κ3) is 6.96. The zero-order valence-corrected chi connectivity index (χ0v) is 13.7. The summed E-state index contributed by atoms with van der Waals surface area (Å²) in [5, 5.41) is 5.86. The second-order valence-electron chi connectivity index (χ2n) is 5.45. The van der Waals surface area contributed by atoms with Crippen LogP contribution in [0, 0.1) is 0 Å². The van der Waals surface area contributed by atoms with Crippen LogP contribution in [-0.2, 0) is 17.6 Å². The van der Waals surface area contributed by atoms with Crippen LogP contribution in [0.15, 0.2) is 65.7 Å². The number of guanidine groups is 1. The van der Waals surface area contributed by atoms with E-state index in [9.17, 15) is 4.79 Å². The van der Waals surface area contributed by atoms with Crippen molar-refractivity contribution >= 4 is 11.9 Å². The molecule has 0 heterocycles. The summed E-state index contributed by atoms with van der Waals surface area (Å²) in [5.41, 5.74) is 8.20. The van der Waals surface area contributed by atoms with Crippen LogP contribution in [0.1, 0.15) is 11.1 Å². The first-order chi connectivity index (χ1) is 11.7. The fourth-order valence-corrected chi connectivity index (χ4v) is 2.24. The number of hydrogen-bond donors (Lipinski definition) is 3. The zero-order valence-electron chi connectivity index (χ0n) is 13.7. The van der Waals surface area contributed by atoms with Crippen molar-refractivity contribution in [2.24, 2.45) is 10.7 Å². The van der Waals surface area contributed by atoms with E-state index in [1.54, 1.807) is 0 Å². The van der Waals surface area contributed by atoms with Gasteiger partial charge in [-0.1, -0.05) is 60.7 Å². The van der Waals surface area contributed by atoms with Crippen molar-refractivity contribution in [2.45, 2.75) is 12.8 Å². The van der Waals surface area contributed by atoms with Gasteiger partial charge >= 0.3 is 0 Å². The molecule has 2 aromatic carbocycles. The van der Waals surface area contributed by atoms with Gasteiger partial charge in [-0.3, -0.25) is 4.79 Å². The Bertz CT molecular complexity index is 641. The first-order valence-corrected chi connectivity index (χ1v) is 8.12. The molecule has 1 amide bonds. The summed E-state index contributed by atoms with van der Waals surface area (Å²) >= 11 is 0. The van der Waals surface area contributed by atoms with Gasteiger partial charge < -0.3 is 16.4 Å². The second kappa shape index (κ2) is 10.0. The Morgan fingerprint density at radius 3 is 1.88 bits per heavy atom. The molecule has 0 aliphatic carbocycles. The van der Waals surface area contributed by atoms with E-state index in [4.69, 9.17) is 5.73 Å². The van der Waals surface area contributed by atoms with Gasteiger partial charge in [-0.15, -0.1) is 0 Å². The number of amides is 1. The summed E-state index contributed by atoms with van der Waals surface area (Å²) in [4.78, 5) is 15.8. The Balaban J connectivity index is 1.60. The molecule has 0 aliphatic rings. The molecule has 2 rings (SSSR count). The molecule has 126 valence electrons. The highest BCUT2D eigenvalue weighted by Gasteiger charge is 2.00. The number of nitrogens with zero attached hydrogens (tertiary/aromatic N) is 1. The fraction of sp³-hybridized carbons (Fsp3) is 0.263. The predicted molar refractivity (Wildman–Crippen MR) is 97.8 cm³/mol. The summed E-state index contributed by atoms with van der Waals surface area (Å²) < 4.78 is 0. The first kappa shape index (κ1) is 17.5. The Morgan fingerprint density at radius 1 is 0.833 bits per heavy atom. The first-order valence-electron chi connectivity index (χ1n) is 8.12. The summed E-state index contributed by atoms with van der Waals surface area (Å²) in [6, 6.07) is 20.2. The van der Waals surface area contributed by atoms with Crippen molar-refractivity contribution < 1.29 is 4.79 Å². The summed E-state index contributed by atoms with van der Waals surface area (Å²) in [6.45, 7) is 1.33. The maximum atomic E-state index is 11.7. The third-order valence-corrected chi connectivity index (χ3v) is 3.53. The topological polar surface area (TPSA) is 79.5 Å². The summed E-state index contributed by atoms with van der Waals surface area (Å²) in [7, 11) is 0. The van der Waals surface area contributed by atoms with Gasteiger partial charge in [-0.2, -0.15) is 0 Å². The van der Waals surface area contributed by atoms with Gasteiger partial charge in [0, 0.05) is 13.1 Å². The normalized spacial score (nSPS) is 11.1. The third-order valence-electron chi connectivity index (χ3n) is 3.53. The van der Waals surface area contributed by atoms with Crippen LogP contribution >= 0.6 is 0 Å². The lowest BCUT2D eigenvalue weighted by Crippen LogP contribution is -2.35. The predicted octanol–water partition coefficient (Wildman–Crippen LogP) is 1.49. The molecule has 0 spiro atoms. The van der Waals surface area contributed by atoms with Crippen LogP contribution in [0.4, 0.5) is 0 Å². The Kier molecular flexibility index (Phi) is 7.34. The molecule has 4 N–H and O–H groups in total. The number of benzene rings is 2. The maximum absolute atomic E-state index is 11.7. The zero-order chi connectivity index (χ0) is 17.0. The molecule has 0 radical (unpaired) electrons. The highest BCUT2D eigenvalue weighted by atomic mass is 16.1. The minimum Gasteiger partial charge on any atom is -0.370 e. The summed E-state index contributed by atoms with van der Waals surface area (Å²) in [6.07, 6.45) is 1.67. The van der Waals surface area contributed by atoms with Gasteiger partial charge in [0.2, 0.25) is 5.91 Å². The Morgan fingerprint density at radius 2 is 1.33 bits per heavy atom. The van der Waals surface area contributed by atoms with Crippen molar-refractivity contribution in [3.63, 3.8) is 0 Å². The number of carbonyl (C=O) groups excluding carboxylic acids is 1. The van der Waals surface area contributed by atoms with Crippen molar-refractivity contribution in [2.75, 3.05) is 19.6 Å². The van der Waals surface area contributed by atoms with Crippen LogP contribution in [-0.4, -0.2) is 31.5 Å². The Hall–Kier alpha value is -2.82. The van der Waals surface area contributed by atoms with Crippen molar-refractivity contribution in [1.29, 1.82) is 0 Å². The quantitative estimate of drug-likeness (QED) is 0.508. The average molecular weight is 324 g/mol. The molecule has 24 heavy (non-hydrogen) atoms. The molecule has 0 aliphatic heterocycles. The number of hydrogen-bond acceptors (Lipinski definition) is 2. The van der Waals surface area contributed by atoms with Crippen LogP contribution < -0.4 is 16.4 Å². The van der Waals surface area contributed by atoms with E-state index >= 15 is 0 Å². The van der Waals surface area contributed by atoms with E-state index in [0.717, 1.165) is 12.8 Å². The number of nitrogens with one attached hydrogen (secondary N) is 2. The van der Waals surface area contributed by atoms with Gasteiger partial charge in [-0.05, 0) is 24.0 Å². The molecule has 5 nitrogen and oxygen atoms in total. The minimum atomic E-state index is -0.126. The van der Waals surface area contributed by atoms with Crippen molar-refractivity contribution in [3.8, 4) is 0 Å². The molecule has 5 heteroatoms. The smallest absolute Gasteiger partial charge is 0.241 e.